The fourth-order valence-corrected chi connectivity index (χ4v) is 9.91. The van der Waals surface area contributed by atoms with Crippen LogP contribution in [0.4, 0.5) is 14.4 Å². The van der Waals surface area contributed by atoms with Crippen LogP contribution in [0.5, 0.6) is 0 Å². The first-order valence-electron chi connectivity index (χ1n) is 22.9. The second kappa shape index (κ2) is 20.9. The molecule has 5 aromatic rings. The topological polar surface area (TPSA) is 193 Å². The Morgan fingerprint density at radius 3 is 1.62 bits per heavy atom. The molecule has 16 heteroatoms. The maximum Gasteiger partial charge on any atom is 0.407 e. The van der Waals surface area contributed by atoms with E-state index >= 15 is 0 Å². The monoisotopic (exact) mass is 955 g/mol. The van der Waals surface area contributed by atoms with Crippen LogP contribution in [0.2, 0.25) is 5.02 Å². The molecule has 0 spiro atoms. The van der Waals surface area contributed by atoms with Gasteiger partial charge in [0.1, 0.15) is 37.9 Å². The van der Waals surface area contributed by atoms with Crippen LogP contribution in [-0.4, -0.2) is 115 Å². The molecule has 358 valence electrons. The van der Waals surface area contributed by atoms with Crippen LogP contribution < -0.4 is 16.0 Å². The number of likely N-dealkylation sites (N-methyl/N-ethyl adjacent to an activating group) is 1. The molecule has 5 aromatic carbocycles. The van der Waals surface area contributed by atoms with Gasteiger partial charge >= 0.3 is 24.2 Å². The first-order chi connectivity index (χ1) is 33.2. The van der Waals surface area contributed by atoms with E-state index in [1.165, 1.54) is 30.7 Å². The number of likely N-dealkylation sites (tertiary alicyclic amines) is 1. The van der Waals surface area contributed by atoms with Gasteiger partial charge in [0, 0.05) is 37.0 Å². The second-order valence-electron chi connectivity index (χ2n) is 17.8. The highest BCUT2D eigenvalue weighted by Crippen LogP contribution is 2.46. The van der Waals surface area contributed by atoms with Crippen molar-refractivity contribution in [2.45, 2.75) is 68.6 Å². The lowest BCUT2D eigenvalue weighted by atomic mass is 9.81. The third kappa shape index (κ3) is 10.5. The Balaban J connectivity index is 0.944. The number of nitrogens with zero attached hydrogens (tertiary/aromatic N) is 2. The number of hydrogen-bond donors (Lipinski definition) is 4. The van der Waals surface area contributed by atoms with E-state index in [-0.39, 0.29) is 44.6 Å². The van der Waals surface area contributed by atoms with Gasteiger partial charge in [-0.3, -0.25) is 9.59 Å². The summed E-state index contributed by atoms with van der Waals surface area (Å²) in [6.45, 7) is 2.36. The smallest absolute Gasteiger partial charge is 0.407 e. The van der Waals surface area contributed by atoms with E-state index in [2.05, 4.69) is 16.0 Å². The highest BCUT2D eigenvalue weighted by atomic mass is 35.5. The number of carbonyl (C=O) groups is 6. The SMILES string of the molecule is CC(NC(=O)OCC1c2ccccc2-c2ccccc21)C(=O)NC(COC(=O)C(C)NC(=O)OCC1c2ccccc2-c2ccccc21)C(=O)N(C)[C@@]1(Cc2ccc(Cl)cc2)CCCN(C(=O)O)C1. The first-order valence-corrected chi connectivity index (χ1v) is 23.3. The average molecular weight is 956 g/mol. The molecule has 3 aliphatic rings. The molecule has 1 fully saturated rings. The van der Waals surface area contributed by atoms with Crippen molar-refractivity contribution in [1.29, 1.82) is 0 Å². The minimum absolute atomic E-state index is 0.00137. The van der Waals surface area contributed by atoms with Gasteiger partial charge in [-0.15, -0.1) is 0 Å². The third-order valence-electron chi connectivity index (χ3n) is 13.4. The fourth-order valence-electron chi connectivity index (χ4n) is 9.78. The summed E-state index contributed by atoms with van der Waals surface area (Å²) in [5, 5.41) is 18.3. The molecule has 1 heterocycles. The molecule has 69 heavy (non-hydrogen) atoms. The van der Waals surface area contributed by atoms with Gasteiger partial charge in [0.05, 0.1) is 5.54 Å². The zero-order chi connectivity index (χ0) is 48.8. The van der Waals surface area contributed by atoms with E-state index < -0.39 is 66.3 Å². The van der Waals surface area contributed by atoms with Crippen LogP contribution in [0.3, 0.4) is 0 Å². The van der Waals surface area contributed by atoms with E-state index in [0.717, 1.165) is 50.1 Å². The molecular weight excluding hydrogens is 902 g/mol. The molecule has 2 aliphatic carbocycles. The number of rotatable bonds is 15. The maximum absolute atomic E-state index is 14.8. The maximum atomic E-state index is 14.8. The van der Waals surface area contributed by atoms with Gasteiger partial charge in [-0.2, -0.15) is 0 Å². The Morgan fingerprint density at radius 2 is 1.14 bits per heavy atom. The summed E-state index contributed by atoms with van der Waals surface area (Å²) >= 11 is 6.19. The highest BCUT2D eigenvalue weighted by molar-refractivity contribution is 6.30. The minimum atomic E-state index is -1.53. The number of carboxylic acid groups (broad SMARTS) is 1. The summed E-state index contributed by atoms with van der Waals surface area (Å²) in [7, 11) is 1.52. The average Bonchev–Trinajstić information content (AvgIpc) is 3.86. The number of carbonyl (C=O) groups excluding carboxylic acids is 5. The molecule has 0 radical (unpaired) electrons. The van der Waals surface area contributed by atoms with Crippen LogP contribution in [-0.2, 0) is 35.0 Å². The zero-order valence-electron chi connectivity index (χ0n) is 38.5. The van der Waals surface area contributed by atoms with Gasteiger partial charge < -0.3 is 45.1 Å². The van der Waals surface area contributed by atoms with Gasteiger partial charge in [0.15, 0.2) is 0 Å². The molecule has 8 rings (SSSR count). The summed E-state index contributed by atoms with van der Waals surface area (Å²) in [4.78, 5) is 83.6. The summed E-state index contributed by atoms with van der Waals surface area (Å²) in [5.41, 5.74) is 7.97. The lowest BCUT2D eigenvalue weighted by molar-refractivity contribution is -0.151. The van der Waals surface area contributed by atoms with Crippen LogP contribution in [0, 0.1) is 0 Å². The number of fused-ring (bicyclic) bond motifs is 6. The summed E-state index contributed by atoms with van der Waals surface area (Å²) in [6.07, 6.45) is -1.80. The van der Waals surface area contributed by atoms with E-state index in [9.17, 15) is 33.9 Å². The van der Waals surface area contributed by atoms with Crippen molar-refractivity contribution >= 4 is 47.7 Å². The van der Waals surface area contributed by atoms with Crippen molar-refractivity contribution in [2.75, 3.05) is 40.0 Å². The van der Waals surface area contributed by atoms with Crippen molar-refractivity contribution in [3.63, 3.8) is 0 Å². The Morgan fingerprint density at radius 1 is 0.681 bits per heavy atom. The quantitative estimate of drug-likeness (QED) is 0.0596. The van der Waals surface area contributed by atoms with Crippen LogP contribution in [0.1, 0.15) is 66.3 Å². The predicted molar refractivity (Wildman–Crippen MR) is 258 cm³/mol. The zero-order valence-corrected chi connectivity index (χ0v) is 39.2. The van der Waals surface area contributed by atoms with E-state index in [0.29, 0.717) is 17.9 Å². The van der Waals surface area contributed by atoms with Gasteiger partial charge in [-0.05, 0) is 95.3 Å². The number of nitrogens with one attached hydrogen (secondary N) is 3. The lowest BCUT2D eigenvalue weighted by Crippen LogP contribution is -2.65. The molecule has 4 N–H and O–H groups in total. The molecule has 5 amide bonds. The predicted octanol–water partition coefficient (Wildman–Crippen LogP) is 7.74. The van der Waals surface area contributed by atoms with Gasteiger partial charge in [-0.25, -0.2) is 19.2 Å². The summed E-state index contributed by atoms with van der Waals surface area (Å²) in [6, 6.07) is 34.5. The number of benzene rings is 5. The van der Waals surface area contributed by atoms with Crippen LogP contribution >= 0.6 is 11.6 Å². The minimum Gasteiger partial charge on any atom is -0.465 e. The van der Waals surface area contributed by atoms with E-state index in [1.54, 1.807) is 24.3 Å². The molecular formula is C53H54ClN5O10. The number of piperidine rings is 1. The lowest BCUT2D eigenvalue weighted by Gasteiger charge is -2.48. The first kappa shape index (κ1) is 48.1. The Hall–Kier alpha value is -7.39. The number of amides is 5. The molecule has 4 atom stereocenters. The number of hydrogen-bond acceptors (Lipinski definition) is 9. The molecule has 0 aromatic heterocycles. The molecule has 1 saturated heterocycles. The van der Waals surface area contributed by atoms with Crippen molar-refractivity contribution in [3.05, 3.63) is 154 Å². The number of halogens is 1. The highest BCUT2D eigenvalue weighted by Gasteiger charge is 2.45. The number of esters is 1. The van der Waals surface area contributed by atoms with Gasteiger partial charge in [-0.1, -0.05) is 121 Å². The molecule has 1 aliphatic heterocycles. The van der Waals surface area contributed by atoms with Gasteiger partial charge in [0.25, 0.3) is 0 Å². The van der Waals surface area contributed by atoms with E-state index in [4.69, 9.17) is 25.8 Å². The normalized spacial score (nSPS) is 17.1. The van der Waals surface area contributed by atoms with Crippen LogP contribution in [0.15, 0.2) is 121 Å². The van der Waals surface area contributed by atoms with Crippen molar-refractivity contribution in [3.8, 4) is 22.3 Å². The molecule has 0 saturated carbocycles. The van der Waals surface area contributed by atoms with E-state index in [1.807, 2.05) is 97.1 Å². The standard InChI is InChI=1S/C53H54ClN5O10/c1-32(55-50(63)68-28-44-40-17-8-4-13-36(40)37-14-5-9-18-41(37)44)47(60)57-46(48(61)58(3)53(25-12-26-59(31-53)52(65)66)27-34-21-23-35(54)24-22-34)30-67-49(62)33(2)56-51(64)69-29-45-42-19-10-6-15-38(42)39-16-7-11-20-43(39)45/h4-11,13-24,32-33,44-46H,12,25-31H2,1-3H3,(H,55,63)(H,56,64)(H,57,60)(H,65,66)/t32?,33?,46?,53-/m1/s1. The van der Waals surface area contributed by atoms with Crippen LogP contribution in [0.25, 0.3) is 22.3 Å². The largest absolute Gasteiger partial charge is 0.465 e. The number of alkyl carbamates (subject to hydrolysis) is 2. The Labute approximate surface area is 405 Å². The van der Waals surface area contributed by atoms with Crippen molar-refractivity contribution in [2.24, 2.45) is 0 Å². The Kier molecular flexibility index (Phi) is 14.5. The summed E-state index contributed by atoms with van der Waals surface area (Å²) < 4.78 is 16.9. The third-order valence-corrected chi connectivity index (χ3v) is 13.7. The molecule has 3 unspecified atom stereocenters. The fraction of sp³-hybridized carbons (Fsp3) is 0.321. The number of ether oxygens (including phenoxy) is 3. The van der Waals surface area contributed by atoms with Crippen molar-refractivity contribution < 1.29 is 48.1 Å². The second-order valence-corrected chi connectivity index (χ2v) is 18.2. The molecule has 0 bridgehead atoms. The van der Waals surface area contributed by atoms with Gasteiger partial charge in [0.2, 0.25) is 11.8 Å². The van der Waals surface area contributed by atoms with Crippen molar-refractivity contribution in [1.82, 2.24) is 25.8 Å². The molecule has 15 nitrogen and oxygen atoms in total. The summed E-state index contributed by atoms with van der Waals surface area (Å²) in [5.74, 6) is -2.85. The Bertz CT molecular complexity index is 2660.